The second-order valence-electron chi connectivity index (χ2n) is 5.95. The Labute approximate surface area is 142 Å². The van der Waals surface area contributed by atoms with E-state index in [1.165, 1.54) is 16.7 Å². The van der Waals surface area contributed by atoms with Crippen LogP contribution in [-0.2, 0) is 5.54 Å². The monoisotopic (exact) mass is 313 g/mol. The van der Waals surface area contributed by atoms with Gasteiger partial charge in [0, 0.05) is 11.8 Å². The van der Waals surface area contributed by atoms with Crippen molar-refractivity contribution < 1.29 is 4.74 Å². The minimum atomic E-state index is -0.387. The van der Waals surface area contributed by atoms with Crippen molar-refractivity contribution in [2.45, 2.75) is 5.54 Å². The Hall–Kier alpha value is -3.00. The first-order valence-corrected chi connectivity index (χ1v) is 8.08. The zero-order valence-electron chi connectivity index (χ0n) is 13.6. The molecule has 0 bridgehead atoms. The number of hydrogen-bond acceptors (Lipinski definition) is 2. The van der Waals surface area contributed by atoms with Gasteiger partial charge in [-0.2, -0.15) is 0 Å². The lowest BCUT2D eigenvalue weighted by atomic mass is 9.80. The van der Waals surface area contributed by atoms with Gasteiger partial charge in [-0.25, -0.2) is 0 Å². The lowest BCUT2D eigenvalue weighted by Crippen LogP contribution is -2.36. The van der Waals surface area contributed by atoms with E-state index in [1.807, 2.05) is 18.2 Å². The molecule has 3 aromatic rings. The van der Waals surface area contributed by atoms with Gasteiger partial charge < -0.3 is 10.1 Å². The molecule has 0 atom stereocenters. The predicted octanol–water partition coefficient (Wildman–Crippen LogP) is 5.08. The average molecular weight is 313 g/mol. The summed E-state index contributed by atoms with van der Waals surface area (Å²) in [7, 11) is 1.70. The van der Waals surface area contributed by atoms with Gasteiger partial charge >= 0.3 is 0 Å². The molecule has 0 unspecified atom stereocenters. The largest absolute Gasteiger partial charge is 0.497 e. The number of hydrogen-bond donors (Lipinski definition) is 1. The van der Waals surface area contributed by atoms with E-state index in [1.54, 1.807) is 7.11 Å². The molecule has 0 fully saturated rings. The standard InChI is InChI=1S/C22H19NO/c1-24-20-13-12-17-14-15-22(23-21(17)16-20,18-8-4-2-5-9-18)19-10-6-3-7-11-19/h2-16,23H,1H3. The second kappa shape index (κ2) is 5.89. The molecule has 0 spiro atoms. The molecular formula is C22H19NO. The second-order valence-corrected chi connectivity index (χ2v) is 5.95. The minimum Gasteiger partial charge on any atom is -0.497 e. The summed E-state index contributed by atoms with van der Waals surface area (Å²) >= 11 is 0. The molecule has 0 amide bonds. The quantitative estimate of drug-likeness (QED) is 0.728. The number of nitrogens with one attached hydrogen (secondary N) is 1. The Balaban J connectivity index is 1.90. The van der Waals surface area contributed by atoms with E-state index >= 15 is 0 Å². The van der Waals surface area contributed by atoms with Crippen molar-refractivity contribution in [2.75, 3.05) is 12.4 Å². The first-order chi connectivity index (χ1) is 11.8. The van der Waals surface area contributed by atoms with Crippen molar-refractivity contribution in [3.8, 4) is 5.75 Å². The molecule has 4 rings (SSSR count). The summed E-state index contributed by atoms with van der Waals surface area (Å²) < 4.78 is 5.40. The molecule has 0 aliphatic carbocycles. The fraction of sp³-hybridized carbons (Fsp3) is 0.0909. The molecule has 0 saturated carbocycles. The van der Waals surface area contributed by atoms with Crippen LogP contribution in [0.3, 0.4) is 0 Å². The van der Waals surface area contributed by atoms with Gasteiger partial charge in [0.05, 0.1) is 7.11 Å². The first-order valence-electron chi connectivity index (χ1n) is 8.08. The highest BCUT2D eigenvalue weighted by atomic mass is 16.5. The summed E-state index contributed by atoms with van der Waals surface area (Å²) in [6.45, 7) is 0. The summed E-state index contributed by atoms with van der Waals surface area (Å²) in [5.74, 6) is 0.853. The maximum atomic E-state index is 5.40. The fourth-order valence-corrected chi connectivity index (χ4v) is 3.29. The molecule has 118 valence electrons. The SMILES string of the molecule is COc1ccc2c(c1)NC(c1ccccc1)(c1ccccc1)C=C2. The van der Waals surface area contributed by atoms with Crippen molar-refractivity contribution in [3.05, 3.63) is 102 Å². The molecule has 0 saturated heterocycles. The summed E-state index contributed by atoms with van der Waals surface area (Å²) in [5, 5.41) is 3.75. The number of fused-ring (bicyclic) bond motifs is 1. The number of methoxy groups -OCH3 is 1. The topological polar surface area (TPSA) is 21.3 Å². The zero-order valence-corrected chi connectivity index (χ0v) is 13.6. The van der Waals surface area contributed by atoms with Crippen LogP contribution in [-0.4, -0.2) is 7.11 Å². The van der Waals surface area contributed by atoms with Crippen molar-refractivity contribution in [1.29, 1.82) is 0 Å². The Morgan fingerprint density at radius 1 is 0.792 bits per heavy atom. The van der Waals surface area contributed by atoms with Crippen molar-refractivity contribution in [1.82, 2.24) is 0 Å². The van der Waals surface area contributed by atoms with Gasteiger partial charge in [0.1, 0.15) is 11.3 Å². The Morgan fingerprint density at radius 3 is 2.00 bits per heavy atom. The fourth-order valence-electron chi connectivity index (χ4n) is 3.29. The van der Waals surface area contributed by atoms with E-state index in [0.717, 1.165) is 11.4 Å². The molecule has 2 heteroatoms. The minimum absolute atomic E-state index is 0.387. The molecular weight excluding hydrogens is 294 g/mol. The Bertz CT molecular complexity index is 829. The van der Waals surface area contributed by atoms with E-state index in [0.29, 0.717) is 0 Å². The Kier molecular flexibility index (Phi) is 3.58. The van der Waals surface area contributed by atoms with Crippen LogP contribution in [0.2, 0.25) is 0 Å². The molecule has 1 aliphatic heterocycles. The van der Waals surface area contributed by atoms with Gasteiger partial charge in [-0.05, 0) is 34.9 Å². The highest BCUT2D eigenvalue weighted by Gasteiger charge is 2.34. The molecule has 0 aromatic heterocycles. The van der Waals surface area contributed by atoms with Gasteiger partial charge in [-0.3, -0.25) is 0 Å². The van der Waals surface area contributed by atoms with Crippen LogP contribution in [0.4, 0.5) is 5.69 Å². The zero-order chi connectivity index (χ0) is 16.4. The van der Waals surface area contributed by atoms with Gasteiger partial charge in [-0.1, -0.05) is 66.7 Å². The highest BCUT2D eigenvalue weighted by Crippen LogP contribution is 2.41. The smallest absolute Gasteiger partial charge is 0.120 e. The van der Waals surface area contributed by atoms with Crippen molar-refractivity contribution in [2.24, 2.45) is 0 Å². The van der Waals surface area contributed by atoms with Crippen LogP contribution in [0.25, 0.3) is 6.08 Å². The number of anilines is 1. The lowest BCUT2D eigenvalue weighted by molar-refractivity contribution is 0.415. The predicted molar refractivity (Wildman–Crippen MR) is 99.3 cm³/mol. The van der Waals surface area contributed by atoms with Crippen LogP contribution in [0.1, 0.15) is 16.7 Å². The van der Waals surface area contributed by atoms with Gasteiger partial charge in [0.15, 0.2) is 0 Å². The summed E-state index contributed by atoms with van der Waals surface area (Å²) in [6, 6.07) is 27.2. The molecule has 3 aromatic carbocycles. The number of ether oxygens (including phenoxy) is 1. The maximum Gasteiger partial charge on any atom is 0.120 e. The van der Waals surface area contributed by atoms with E-state index in [4.69, 9.17) is 4.74 Å². The summed E-state index contributed by atoms with van der Waals surface area (Å²) in [6.07, 6.45) is 4.43. The van der Waals surface area contributed by atoms with E-state index in [2.05, 4.69) is 78.1 Å². The van der Waals surface area contributed by atoms with Gasteiger partial charge in [-0.15, -0.1) is 0 Å². The van der Waals surface area contributed by atoms with Crippen LogP contribution in [0, 0.1) is 0 Å². The van der Waals surface area contributed by atoms with Crippen LogP contribution >= 0.6 is 0 Å². The normalized spacial score (nSPS) is 14.5. The van der Waals surface area contributed by atoms with Crippen LogP contribution in [0.5, 0.6) is 5.75 Å². The van der Waals surface area contributed by atoms with E-state index in [9.17, 15) is 0 Å². The number of rotatable bonds is 3. The van der Waals surface area contributed by atoms with Crippen molar-refractivity contribution in [3.63, 3.8) is 0 Å². The van der Waals surface area contributed by atoms with Crippen LogP contribution in [0.15, 0.2) is 84.9 Å². The van der Waals surface area contributed by atoms with E-state index < -0.39 is 0 Å². The molecule has 1 N–H and O–H groups in total. The molecule has 0 radical (unpaired) electrons. The van der Waals surface area contributed by atoms with Gasteiger partial charge in [0.25, 0.3) is 0 Å². The van der Waals surface area contributed by atoms with E-state index in [-0.39, 0.29) is 5.54 Å². The van der Waals surface area contributed by atoms with Crippen molar-refractivity contribution >= 4 is 11.8 Å². The third-order valence-electron chi connectivity index (χ3n) is 4.56. The highest BCUT2D eigenvalue weighted by molar-refractivity contribution is 5.76. The van der Waals surface area contributed by atoms with Crippen LogP contribution < -0.4 is 10.1 Å². The Morgan fingerprint density at radius 2 is 1.42 bits per heavy atom. The third kappa shape index (κ3) is 2.37. The first kappa shape index (κ1) is 14.6. The summed E-state index contributed by atoms with van der Waals surface area (Å²) in [5.41, 5.74) is 4.27. The maximum absolute atomic E-state index is 5.40. The number of benzene rings is 3. The molecule has 24 heavy (non-hydrogen) atoms. The molecule has 2 nitrogen and oxygen atoms in total. The lowest BCUT2D eigenvalue weighted by Gasteiger charge is -2.37. The molecule has 1 aliphatic rings. The summed E-state index contributed by atoms with van der Waals surface area (Å²) in [4.78, 5) is 0. The third-order valence-corrected chi connectivity index (χ3v) is 4.56. The average Bonchev–Trinajstić information content (AvgIpc) is 2.68. The van der Waals surface area contributed by atoms with Gasteiger partial charge in [0.2, 0.25) is 0 Å². The molecule has 1 heterocycles.